The predicted octanol–water partition coefficient (Wildman–Crippen LogP) is 1.75. The van der Waals surface area contributed by atoms with Gasteiger partial charge in [0.1, 0.15) is 0 Å². The van der Waals surface area contributed by atoms with Gasteiger partial charge in [-0.1, -0.05) is 35.6 Å². The van der Waals surface area contributed by atoms with Crippen molar-refractivity contribution in [3.63, 3.8) is 0 Å². The maximum absolute atomic E-state index is 5.54. The molecule has 0 amide bonds. The number of nitrogens with zero attached hydrogens (tertiary/aromatic N) is 2. The molecule has 1 aromatic carbocycles. The fraction of sp³-hybridized carbons (Fsp3) is 0.538. The maximum atomic E-state index is 5.54. The van der Waals surface area contributed by atoms with Gasteiger partial charge in [-0.3, -0.25) is 5.32 Å². The van der Waals surface area contributed by atoms with E-state index in [0.29, 0.717) is 6.61 Å². The summed E-state index contributed by atoms with van der Waals surface area (Å²) < 4.78 is 10.9. The van der Waals surface area contributed by atoms with Crippen LogP contribution in [0.4, 0.5) is 0 Å². The Morgan fingerprint density at radius 2 is 2.26 bits per heavy atom. The Bertz CT molecular complexity index is 399. The van der Waals surface area contributed by atoms with Crippen LogP contribution in [-0.2, 0) is 9.47 Å². The van der Waals surface area contributed by atoms with Crippen molar-refractivity contribution in [3.05, 3.63) is 35.9 Å². The molecule has 1 aliphatic rings. The monoisotopic (exact) mass is 264 g/mol. The van der Waals surface area contributed by atoms with Crippen molar-refractivity contribution in [2.24, 2.45) is 16.2 Å². The number of nitrogens with one attached hydrogen (secondary N) is 1. The van der Waals surface area contributed by atoms with Gasteiger partial charge < -0.3 is 15.3 Å². The second-order valence-electron chi connectivity index (χ2n) is 4.49. The number of rotatable bonds is 6. The second kappa shape index (κ2) is 7.18. The van der Waals surface area contributed by atoms with Gasteiger partial charge in [-0.15, -0.1) is 5.11 Å². The van der Waals surface area contributed by atoms with E-state index in [2.05, 4.69) is 27.8 Å². The minimum Gasteiger partial charge on any atom is -0.377 e. The summed E-state index contributed by atoms with van der Waals surface area (Å²) >= 11 is 0. The van der Waals surface area contributed by atoms with Crippen LogP contribution in [0.15, 0.2) is 40.7 Å². The van der Waals surface area contributed by atoms with Crippen LogP contribution < -0.4 is 11.2 Å². The summed E-state index contributed by atoms with van der Waals surface area (Å²) in [5.74, 6) is 4.99. The Morgan fingerprint density at radius 3 is 2.95 bits per heavy atom. The number of nitrogens with two attached hydrogens (primary N) is 1. The molecule has 0 spiro atoms. The highest BCUT2D eigenvalue weighted by molar-refractivity contribution is 5.17. The quantitative estimate of drug-likeness (QED) is 0.466. The molecular weight excluding hydrogens is 244 g/mol. The summed E-state index contributed by atoms with van der Waals surface area (Å²) in [4.78, 5) is 0. The smallest absolute Gasteiger partial charge is 0.226 e. The number of benzene rings is 1. The van der Waals surface area contributed by atoms with E-state index in [9.17, 15) is 0 Å². The SMILES string of the molecule is COC(CC[C@H]1COC(N=NN)N1)c1ccccc1. The van der Waals surface area contributed by atoms with E-state index >= 15 is 0 Å². The Balaban J connectivity index is 1.81. The zero-order valence-electron chi connectivity index (χ0n) is 11.0. The van der Waals surface area contributed by atoms with Crippen LogP contribution in [0.3, 0.4) is 0 Å². The largest absolute Gasteiger partial charge is 0.377 e. The highest BCUT2D eigenvalue weighted by Gasteiger charge is 2.25. The zero-order valence-corrected chi connectivity index (χ0v) is 11.0. The van der Waals surface area contributed by atoms with Crippen molar-refractivity contribution in [2.45, 2.75) is 31.3 Å². The van der Waals surface area contributed by atoms with Crippen LogP contribution >= 0.6 is 0 Å². The van der Waals surface area contributed by atoms with Crippen LogP contribution in [0.5, 0.6) is 0 Å². The van der Waals surface area contributed by atoms with E-state index in [1.807, 2.05) is 18.2 Å². The van der Waals surface area contributed by atoms with Crippen molar-refractivity contribution < 1.29 is 9.47 Å². The van der Waals surface area contributed by atoms with Crippen LogP contribution in [-0.4, -0.2) is 26.1 Å². The molecule has 2 unspecified atom stereocenters. The van der Waals surface area contributed by atoms with E-state index in [4.69, 9.17) is 15.3 Å². The molecule has 0 aliphatic carbocycles. The molecular formula is C13H20N4O2. The molecule has 0 saturated carbocycles. The first-order valence-electron chi connectivity index (χ1n) is 6.39. The van der Waals surface area contributed by atoms with Crippen LogP contribution in [0.1, 0.15) is 24.5 Å². The van der Waals surface area contributed by atoms with Crippen molar-refractivity contribution in [2.75, 3.05) is 13.7 Å². The van der Waals surface area contributed by atoms with Gasteiger partial charge in [0.25, 0.3) is 0 Å². The van der Waals surface area contributed by atoms with E-state index in [1.54, 1.807) is 7.11 Å². The number of hydrogen-bond donors (Lipinski definition) is 2. The van der Waals surface area contributed by atoms with Gasteiger partial charge in [0.05, 0.1) is 12.7 Å². The molecule has 104 valence electrons. The van der Waals surface area contributed by atoms with E-state index in [1.165, 1.54) is 5.56 Å². The van der Waals surface area contributed by atoms with Gasteiger partial charge in [0, 0.05) is 13.2 Å². The minimum absolute atomic E-state index is 0.109. The maximum Gasteiger partial charge on any atom is 0.226 e. The lowest BCUT2D eigenvalue weighted by atomic mass is 10.0. The summed E-state index contributed by atoms with van der Waals surface area (Å²) in [5, 5.41) is 10.1. The molecule has 6 nitrogen and oxygen atoms in total. The molecule has 1 fully saturated rings. The molecule has 19 heavy (non-hydrogen) atoms. The Morgan fingerprint density at radius 1 is 1.47 bits per heavy atom. The molecule has 0 aromatic heterocycles. The summed E-state index contributed by atoms with van der Waals surface area (Å²) in [6, 6.07) is 10.5. The Labute approximate surface area is 113 Å². The third-order valence-corrected chi connectivity index (χ3v) is 3.24. The van der Waals surface area contributed by atoms with Gasteiger partial charge in [0.15, 0.2) is 0 Å². The second-order valence-corrected chi connectivity index (χ2v) is 4.49. The molecule has 3 N–H and O–H groups in total. The lowest BCUT2D eigenvalue weighted by molar-refractivity contribution is 0.0888. The lowest BCUT2D eigenvalue weighted by Gasteiger charge is -2.17. The van der Waals surface area contributed by atoms with Crippen molar-refractivity contribution in [1.82, 2.24) is 5.32 Å². The van der Waals surface area contributed by atoms with E-state index < -0.39 is 6.35 Å². The topological polar surface area (TPSA) is 81.2 Å². The summed E-state index contributed by atoms with van der Waals surface area (Å²) in [7, 11) is 1.74. The highest BCUT2D eigenvalue weighted by Crippen LogP contribution is 2.23. The zero-order chi connectivity index (χ0) is 13.5. The first kappa shape index (κ1) is 13.9. The average molecular weight is 264 g/mol. The van der Waals surface area contributed by atoms with E-state index in [0.717, 1.165) is 12.8 Å². The van der Waals surface area contributed by atoms with Crippen molar-refractivity contribution >= 4 is 0 Å². The van der Waals surface area contributed by atoms with Gasteiger partial charge in [-0.25, -0.2) is 0 Å². The van der Waals surface area contributed by atoms with Gasteiger partial charge in [-0.2, -0.15) is 0 Å². The molecule has 2 rings (SSSR count). The number of ether oxygens (including phenoxy) is 2. The molecule has 0 bridgehead atoms. The normalized spacial score (nSPS) is 24.9. The fourth-order valence-electron chi connectivity index (χ4n) is 2.24. The van der Waals surface area contributed by atoms with Crippen molar-refractivity contribution in [3.8, 4) is 0 Å². The third-order valence-electron chi connectivity index (χ3n) is 3.24. The molecule has 0 radical (unpaired) electrons. The average Bonchev–Trinajstić information content (AvgIpc) is 2.89. The third kappa shape index (κ3) is 3.99. The lowest BCUT2D eigenvalue weighted by Crippen LogP contribution is -2.29. The molecule has 3 atom stereocenters. The van der Waals surface area contributed by atoms with Crippen LogP contribution in [0, 0.1) is 0 Å². The molecule has 1 saturated heterocycles. The number of hydrogen-bond acceptors (Lipinski definition) is 5. The van der Waals surface area contributed by atoms with Crippen LogP contribution in [0.2, 0.25) is 0 Å². The molecule has 1 heterocycles. The molecule has 6 heteroatoms. The fourth-order valence-corrected chi connectivity index (χ4v) is 2.24. The van der Waals surface area contributed by atoms with E-state index in [-0.39, 0.29) is 12.1 Å². The summed E-state index contributed by atoms with van der Waals surface area (Å²) in [6.07, 6.45) is 1.57. The summed E-state index contributed by atoms with van der Waals surface area (Å²) in [6.45, 7) is 0.620. The molecule has 1 aromatic rings. The molecule has 1 aliphatic heterocycles. The standard InChI is InChI=1S/C13H20N4O2/c1-18-12(10-5-3-2-4-6-10)8-7-11-9-19-13(15-11)16-17-14/h2-6,11-13,15H,7-9H2,1H3,(H2,14,16)/t11-,12?,13?/m0/s1. The van der Waals surface area contributed by atoms with Gasteiger partial charge >= 0.3 is 0 Å². The number of methoxy groups -OCH3 is 1. The first-order valence-corrected chi connectivity index (χ1v) is 6.39. The van der Waals surface area contributed by atoms with Crippen LogP contribution in [0.25, 0.3) is 0 Å². The van der Waals surface area contributed by atoms with Gasteiger partial charge in [-0.05, 0) is 18.4 Å². The van der Waals surface area contributed by atoms with Crippen molar-refractivity contribution in [1.29, 1.82) is 0 Å². The van der Waals surface area contributed by atoms with Gasteiger partial charge in [0.2, 0.25) is 6.35 Å². The Kier molecular flexibility index (Phi) is 5.26. The summed E-state index contributed by atoms with van der Waals surface area (Å²) in [5.41, 5.74) is 1.20. The highest BCUT2D eigenvalue weighted by atomic mass is 16.5. The first-order chi connectivity index (χ1) is 9.33. The minimum atomic E-state index is -0.410. The Hall–Kier alpha value is -1.50. The predicted molar refractivity (Wildman–Crippen MR) is 71.1 cm³/mol.